The lowest BCUT2D eigenvalue weighted by atomic mass is 9.87. The Balaban J connectivity index is 2.45. The zero-order chi connectivity index (χ0) is 13.3. The molecule has 0 saturated carbocycles. The molecule has 2 aromatic rings. The molecular formula is C15H15ClN2. The van der Waals surface area contributed by atoms with Crippen LogP contribution in [0.5, 0.6) is 0 Å². The Bertz CT molecular complexity index is 639. The molecule has 2 nitrogen and oxygen atoms in total. The number of nitriles is 1. The fourth-order valence-corrected chi connectivity index (χ4v) is 2.11. The van der Waals surface area contributed by atoms with Crippen molar-refractivity contribution >= 4 is 22.5 Å². The number of fused-ring (bicyclic) bond motifs is 1. The predicted octanol–water partition coefficient (Wildman–Crippen LogP) is 4.29. The molecule has 0 radical (unpaired) electrons. The second kappa shape index (κ2) is 4.59. The van der Waals surface area contributed by atoms with Gasteiger partial charge in [0, 0.05) is 5.39 Å². The number of hydrogen-bond donors (Lipinski definition) is 0. The molecule has 2 rings (SSSR count). The largest absolute Gasteiger partial charge is 0.236 e. The summed E-state index contributed by atoms with van der Waals surface area (Å²) in [6, 6.07) is 10.4. The van der Waals surface area contributed by atoms with Gasteiger partial charge in [-0.25, -0.2) is 4.98 Å². The topological polar surface area (TPSA) is 36.7 Å². The van der Waals surface area contributed by atoms with Crippen molar-refractivity contribution < 1.29 is 0 Å². The summed E-state index contributed by atoms with van der Waals surface area (Å²) < 4.78 is 0. The van der Waals surface area contributed by atoms with E-state index in [-0.39, 0.29) is 5.41 Å². The van der Waals surface area contributed by atoms with E-state index in [9.17, 15) is 0 Å². The summed E-state index contributed by atoms with van der Waals surface area (Å²) in [5.74, 6) is 0. The molecule has 0 atom stereocenters. The van der Waals surface area contributed by atoms with Crippen LogP contribution in [-0.2, 0) is 6.42 Å². The van der Waals surface area contributed by atoms with Gasteiger partial charge in [0.05, 0.1) is 17.0 Å². The number of benzene rings is 1. The average Bonchev–Trinajstić information content (AvgIpc) is 2.31. The second-order valence-corrected chi connectivity index (χ2v) is 5.65. The van der Waals surface area contributed by atoms with Gasteiger partial charge in [-0.2, -0.15) is 5.26 Å². The van der Waals surface area contributed by atoms with Crippen LogP contribution in [0, 0.1) is 23.7 Å². The first-order chi connectivity index (χ1) is 8.41. The highest BCUT2D eigenvalue weighted by atomic mass is 35.5. The van der Waals surface area contributed by atoms with Crippen molar-refractivity contribution in [3.8, 4) is 6.07 Å². The SMILES string of the molecule is Cc1cc2cc(CC(C)(C)C#N)ccc2nc1Cl. The number of aromatic nitrogens is 1. The number of aryl methyl sites for hydroxylation is 1. The number of hydrogen-bond acceptors (Lipinski definition) is 2. The normalized spacial score (nSPS) is 11.5. The maximum absolute atomic E-state index is 9.07. The van der Waals surface area contributed by atoms with Crippen molar-refractivity contribution in [3.05, 3.63) is 40.5 Å². The van der Waals surface area contributed by atoms with E-state index in [1.54, 1.807) is 0 Å². The third kappa shape index (κ3) is 2.63. The summed E-state index contributed by atoms with van der Waals surface area (Å²) >= 11 is 6.00. The van der Waals surface area contributed by atoms with E-state index in [1.165, 1.54) is 0 Å². The van der Waals surface area contributed by atoms with Crippen LogP contribution in [0.4, 0.5) is 0 Å². The molecule has 1 aromatic carbocycles. The van der Waals surface area contributed by atoms with E-state index in [0.29, 0.717) is 5.15 Å². The van der Waals surface area contributed by atoms with E-state index in [4.69, 9.17) is 16.9 Å². The zero-order valence-electron chi connectivity index (χ0n) is 10.8. The Labute approximate surface area is 112 Å². The average molecular weight is 259 g/mol. The lowest BCUT2D eigenvalue weighted by molar-refractivity contribution is 0.494. The molecule has 92 valence electrons. The fraction of sp³-hybridized carbons (Fsp3) is 0.333. The molecule has 0 spiro atoms. The predicted molar refractivity (Wildman–Crippen MR) is 74.6 cm³/mol. The van der Waals surface area contributed by atoms with E-state index >= 15 is 0 Å². The molecule has 0 aliphatic heterocycles. The molecule has 18 heavy (non-hydrogen) atoms. The molecule has 1 aromatic heterocycles. The summed E-state index contributed by atoms with van der Waals surface area (Å²) in [6.45, 7) is 5.84. The van der Waals surface area contributed by atoms with E-state index in [0.717, 1.165) is 28.5 Å². The highest BCUT2D eigenvalue weighted by molar-refractivity contribution is 6.30. The van der Waals surface area contributed by atoms with Crippen molar-refractivity contribution in [1.82, 2.24) is 4.98 Å². The van der Waals surface area contributed by atoms with Gasteiger partial charge in [-0.05, 0) is 56.5 Å². The van der Waals surface area contributed by atoms with Crippen LogP contribution in [0.25, 0.3) is 10.9 Å². The molecular weight excluding hydrogens is 244 g/mol. The molecule has 3 heteroatoms. The van der Waals surface area contributed by atoms with Gasteiger partial charge in [-0.15, -0.1) is 0 Å². The minimum atomic E-state index is -0.345. The first-order valence-corrected chi connectivity index (χ1v) is 6.26. The van der Waals surface area contributed by atoms with Crippen LogP contribution in [-0.4, -0.2) is 4.98 Å². The quantitative estimate of drug-likeness (QED) is 0.754. The van der Waals surface area contributed by atoms with Crippen LogP contribution in [0.15, 0.2) is 24.3 Å². The molecule has 0 amide bonds. The summed E-state index contributed by atoms with van der Waals surface area (Å²) in [5, 5.41) is 10.7. The van der Waals surface area contributed by atoms with Gasteiger partial charge >= 0.3 is 0 Å². The number of halogens is 1. The smallest absolute Gasteiger partial charge is 0.132 e. The van der Waals surface area contributed by atoms with Crippen molar-refractivity contribution in [2.24, 2.45) is 5.41 Å². The lowest BCUT2D eigenvalue weighted by Crippen LogP contribution is -2.11. The summed E-state index contributed by atoms with van der Waals surface area (Å²) in [7, 11) is 0. The van der Waals surface area contributed by atoms with Crippen LogP contribution in [0.2, 0.25) is 5.15 Å². The van der Waals surface area contributed by atoms with E-state index in [1.807, 2.05) is 39.0 Å². The third-order valence-corrected chi connectivity index (χ3v) is 3.34. The Morgan fingerprint density at radius 3 is 2.72 bits per heavy atom. The Hall–Kier alpha value is -1.59. The zero-order valence-corrected chi connectivity index (χ0v) is 11.5. The van der Waals surface area contributed by atoms with Gasteiger partial charge in [0.2, 0.25) is 0 Å². The molecule has 1 heterocycles. The molecule has 0 unspecified atom stereocenters. The van der Waals surface area contributed by atoms with Crippen molar-refractivity contribution in [1.29, 1.82) is 5.26 Å². The molecule has 0 bridgehead atoms. The van der Waals surface area contributed by atoms with Gasteiger partial charge in [-0.3, -0.25) is 0 Å². The number of rotatable bonds is 2. The Morgan fingerprint density at radius 2 is 2.06 bits per heavy atom. The van der Waals surface area contributed by atoms with Crippen LogP contribution < -0.4 is 0 Å². The first-order valence-electron chi connectivity index (χ1n) is 5.88. The third-order valence-electron chi connectivity index (χ3n) is 2.96. The monoisotopic (exact) mass is 258 g/mol. The Kier molecular flexibility index (Phi) is 3.28. The van der Waals surface area contributed by atoms with Gasteiger partial charge < -0.3 is 0 Å². The minimum absolute atomic E-state index is 0.345. The van der Waals surface area contributed by atoms with Gasteiger partial charge in [0.1, 0.15) is 5.15 Å². The molecule has 0 fully saturated rings. The van der Waals surface area contributed by atoms with E-state index in [2.05, 4.69) is 17.1 Å². The van der Waals surface area contributed by atoms with Gasteiger partial charge in [-0.1, -0.05) is 17.7 Å². The number of nitrogens with zero attached hydrogens (tertiary/aromatic N) is 2. The molecule has 0 aliphatic rings. The minimum Gasteiger partial charge on any atom is -0.236 e. The highest BCUT2D eigenvalue weighted by Crippen LogP contribution is 2.25. The number of pyridine rings is 1. The fourth-order valence-electron chi connectivity index (χ4n) is 1.97. The van der Waals surface area contributed by atoms with Crippen molar-refractivity contribution in [2.45, 2.75) is 27.2 Å². The highest BCUT2D eigenvalue weighted by Gasteiger charge is 2.17. The molecule has 0 aliphatic carbocycles. The van der Waals surface area contributed by atoms with Gasteiger partial charge in [0.25, 0.3) is 0 Å². The van der Waals surface area contributed by atoms with Crippen LogP contribution >= 0.6 is 11.6 Å². The lowest BCUT2D eigenvalue weighted by Gasteiger charge is -2.15. The summed E-state index contributed by atoms with van der Waals surface area (Å²) in [4.78, 5) is 4.33. The van der Waals surface area contributed by atoms with Crippen LogP contribution in [0.3, 0.4) is 0 Å². The Morgan fingerprint density at radius 1 is 1.33 bits per heavy atom. The maximum atomic E-state index is 9.07. The second-order valence-electron chi connectivity index (χ2n) is 5.30. The standard InChI is InChI=1S/C15H15ClN2/c1-10-6-12-7-11(8-15(2,3)9-17)4-5-13(12)18-14(10)16/h4-7H,8H2,1-3H3. The van der Waals surface area contributed by atoms with E-state index < -0.39 is 0 Å². The van der Waals surface area contributed by atoms with Crippen LogP contribution in [0.1, 0.15) is 25.0 Å². The van der Waals surface area contributed by atoms with Crippen molar-refractivity contribution in [3.63, 3.8) is 0 Å². The first kappa shape index (κ1) is 12.9. The summed E-state index contributed by atoms with van der Waals surface area (Å²) in [5.41, 5.74) is 2.67. The summed E-state index contributed by atoms with van der Waals surface area (Å²) in [6.07, 6.45) is 0.737. The van der Waals surface area contributed by atoms with Gasteiger partial charge in [0.15, 0.2) is 0 Å². The molecule has 0 saturated heterocycles. The van der Waals surface area contributed by atoms with Crippen molar-refractivity contribution in [2.75, 3.05) is 0 Å². The molecule has 0 N–H and O–H groups in total. The maximum Gasteiger partial charge on any atom is 0.132 e.